The summed E-state index contributed by atoms with van der Waals surface area (Å²) < 4.78 is 14.1. The van der Waals surface area contributed by atoms with Crippen LogP contribution in [0.5, 0.6) is 0 Å². The number of nitrogens with two attached hydrogens (primary N) is 6. The maximum Gasteiger partial charge on any atom is 0.243 e. The minimum absolute atomic E-state index is 0.00550. The Morgan fingerprint density at radius 1 is 0.701 bits per heavy atom. The second-order valence-corrected chi connectivity index (χ2v) is 18.4. The predicted molar refractivity (Wildman–Crippen MR) is 280 cm³/mol. The van der Waals surface area contributed by atoms with Gasteiger partial charge in [0.25, 0.3) is 0 Å². The summed E-state index contributed by atoms with van der Waals surface area (Å²) in [4.78, 5) is 147. The van der Waals surface area contributed by atoms with E-state index in [4.69, 9.17) is 34.4 Å². The average Bonchev–Trinajstić information content (AvgIpc) is 3.78. The van der Waals surface area contributed by atoms with Gasteiger partial charge in [-0.25, -0.2) is 4.39 Å². The predicted octanol–water partition coefficient (Wildman–Crippen LogP) is -3.95. The van der Waals surface area contributed by atoms with Crippen LogP contribution in [0.15, 0.2) is 64.7 Å². The first-order valence-corrected chi connectivity index (χ1v) is 24.9. The van der Waals surface area contributed by atoms with Gasteiger partial charge in [-0.05, 0) is 80.7 Å². The van der Waals surface area contributed by atoms with E-state index in [-0.39, 0.29) is 82.9 Å². The molecule has 21 N–H and O–H groups in total. The van der Waals surface area contributed by atoms with Crippen LogP contribution in [-0.2, 0) is 60.8 Å². The second-order valence-electron chi connectivity index (χ2n) is 18.4. The number of aromatic amines is 1. The van der Waals surface area contributed by atoms with Crippen LogP contribution in [0.2, 0.25) is 0 Å². The van der Waals surface area contributed by atoms with Crippen LogP contribution in [0, 0.1) is 5.82 Å². The number of benzene rings is 2. The van der Waals surface area contributed by atoms with Crippen LogP contribution in [-0.4, -0.2) is 138 Å². The highest BCUT2D eigenvalue weighted by Gasteiger charge is 2.35. The Bertz CT molecular complexity index is 2640. The molecule has 28 heteroatoms. The van der Waals surface area contributed by atoms with E-state index in [1.54, 1.807) is 30.5 Å². The maximum absolute atomic E-state index is 14.6. The van der Waals surface area contributed by atoms with E-state index >= 15 is 0 Å². The van der Waals surface area contributed by atoms with Gasteiger partial charge in [0.05, 0.1) is 0 Å². The number of amides is 10. The first kappa shape index (κ1) is 60.7. The van der Waals surface area contributed by atoms with Crippen LogP contribution < -0.4 is 76.9 Å². The van der Waals surface area contributed by atoms with Gasteiger partial charge in [0, 0.05) is 69.3 Å². The van der Waals surface area contributed by atoms with Crippen LogP contribution in [0.25, 0.3) is 10.9 Å². The Labute approximate surface area is 442 Å². The number of primary amides is 2. The molecule has 1 saturated heterocycles. The topological polar surface area (TPSA) is 464 Å². The highest BCUT2D eigenvalue weighted by Crippen LogP contribution is 2.20. The molecule has 2 heterocycles. The van der Waals surface area contributed by atoms with Crippen LogP contribution in [0.4, 0.5) is 4.39 Å². The zero-order valence-electron chi connectivity index (χ0n) is 42.7. The number of fused-ring (bicyclic) bond motifs is 1. The Morgan fingerprint density at radius 3 is 1.92 bits per heavy atom. The highest BCUT2D eigenvalue weighted by molar-refractivity contribution is 5.98. The lowest BCUT2D eigenvalue weighted by Gasteiger charge is -2.28. The van der Waals surface area contributed by atoms with E-state index in [1.807, 2.05) is 0 Å². The van der Waals surface area contributed by atoms with Gasteiger partial charge >= 0.3 is 0 Å². The third-order valence-electron chi connectivity index (χ3n) is 12.2. The molecule has 418 valence electrons. The SMILES string of the molecule is CC(=O)N[C@@H](CCCN=C(N)N)C(=O)N[C@H]1CCC(=O)NCCC[C@@H](C(N)=O)NC(=O)[C@H](Cc2c[nH]c3ccccc23)NC(=O)[C@H](CCCN=C(N)N)NC(=O)[C@@H](Cc2ccc(F)cc2)NC(=O)[C@H](CCC(N)=O)NC1=O. The lowest BCUT2D eigenvalue weighted by molar-refractivity contribution is -0.136. The molecular weight excluding hydrogens is 1010 g/mol. The summed E-state index contributed by atoms with van der Waals surface area (Å²) in [7, 11) is 0. The number of carbonyl (C=O) groups is 10. The molecule has 4 rings (SSSR count). The van der Waals surface area contributed by atoms with Gasteiger partial charge in [-0.15, -0.1) is 0 Å². The van der Waals surface area contributed by atoms with E-state index < -0.39 is 133 Å². The average molecular weight is 1080 g/mol. The van der Waals surface area contributed by atoms with E-state index in [9.17, 15) is 52.3 Å². The van der Waals surface area contributed by atoms with Crippen molar-refractivity contribution in [3.63, 3.8) is 0 Å². The number of hydrogen-bond donors (Lipinski definition) is 15. The summed E-state index contributed by atoms with van der Waals surface area (Å²) in [5, 5.41) is 21.4. The quantitative estimate of drug-likeness (QED) is 0.0310. The van der Waals surface area contributed by atoms with Gasteiger partial charge in [-0.3, -0.25) is 57.9 Å². The van der Waals surface area contributed by atoms with Crippen molar-refractivity contribution >= 4 is 81.9 Å². The molecule has 27 nitrogen and oxygen atoms in total. The van der Waals surface area contributed by atoms with E-state index in [0.29, 0.717) is 11.1 Å². The number of aliphatic imine (C=N–C) groups is 2. The summed E-state index contributed by atoms with van der Waals surface area (Å²) in [6.45, 7) is 1.18. The van der Waals surface area contributed by atoms with Crippen molar-refractivity contribution in [3.05, 3.63) is 71.7 Å². The number of carbonyl (C=O) groups excluding carboxylic acids is 10. The minimum Gasteiger partial charge on any atom is -0.370 e. The largest absolute Gasteiger partial charge is 0.370 e. The Balaban J connectivity index is 1.80. The van der Waals surface area contributed by atoms with Gasteiger partial charge < -0.3 is 81.9 Å². The minimum atomic E-state index is -1.65. The fourth-order valence-corrected chi connectivity index (χ4v) is 8.23. The van der Waals surface area contributed by atoms with E-state index in [0.717, 1.165) is 30.0 Å². The van der Waals surface area contributed by atoms with Crippen molar-refractivity contribution in [2.75, 3.05) is 19.6 Å². The molecule has 1 fully saturated rings. The van der Waals surface area contributed by atoms with Crippen molar-refractivity contribution in [1.82, 2.24) is 47.5 Å². The van der Waals surface area contributed by atoms with Crippen molar-refractivity contribution < 1.29 is 52.3 Å². The Kier molecular flexibility index (Phi) is 24.0. The van der Waals surface area contributed by atoms with Crippen molar-refractivity contribution in [2.45, 2.75) is 126 Å². The van der Waals surface area contributed by atoms with Crippen LogP contribution >= 0.6 is 0 Å². The van der Waals surface area contributed by atoms with E-state index in [2.05, 4.69) is 57.5 Å². The molecule has 7 atom stereocenters. The molecule has 3 aromatic rings. The van der Waals surface area contributed by atoms with Crippen LogP contribution in [0.1, 0.15) is 82.3 Å². The summed E-state index contributed by atoms with van der Waals surface area (Å²) in [5.41, 5.74) is 34.8. The molecule has 77 heavy (non-hydrogen) atoms. The van der Waals surface area contributed by atoms with Crippen molar-refractivity contribution in [1.29, 1.82) is 0 Å². The number of guanidine groups is 2. The number of nitrogens with one attached hydrogen (secondary N) is 9. The van der Waals surface area contributed by atoms with Crippen molar-refractivity contribution in [3.8, 4) is 0 Å². The summed E-state index contributed by atoms with van der Waals surface area (Å²) >= 11 is 0. The molecule has 10 amide bonds. The molecule has 0 spiro atoms. The zero-order valence-corrected chi connectivity index (χ0v) is 42.7. The summed E-state index contributed by atoms with van der Waals surface area (Å²) in [6, 6.07) is 1.83. The monoisotopic (exact) mass is 1080 g/mol. The summed E-state index contributed by atoms with van der Waals surface area (Å²) in [6.07, 6.45) is -0.412. The molecule has 0 unspecified atom stereocenters. The lowest BCUT2D eigenvalue weighted by Crippen LogP contribution is -2.60. The molecule has 0 aliphatic carbocycles. The lowest BCUT2D eigenvalue weighted by atomic mass is 10.0. The molecule has 1 aliphatic heterocycles. The number of H-pyrrole nitrogens is 1. The Hall–Kier alpha value is -8.85. The molecule has 0 bridgehead atoms. The normalized spacial score (nSPS) is 20.8. The number of hydrogen-bond acceptors (Lipinski definition) is 12. The number of para-hydroxylation sites is 1. The fraction of sp³-hybridized carbons (Fsp3) is 0.469. The third-order valence-corrected chi connectivity index (χ3v) is 12.2. The Morgan fingerprint density at radius 2 is 1.29 bits per heavy atom. The smallest absolute Gasteiger partial charge is 0.243 e. The molecule has 1 aromatic heterocycles. The number of halogens is 1. The third kappa shape index (κ3) is 21.1. The molecular formula is C49H70FN17O10. The number of nitrogens with zero attached hydrogens (tertiary/aromatic N) is 2. The number of rotatable bonds is 19. The van der Waals surface area contributed by atoms with Crippen molar-refractivity contribution in [2.24, 2.45) is 44.4 Å². The zero-order chi connectivity index (χ0) is 56.6. The standard InChI is InChI=1S/C49H70FN17O10/c1-26(68)61-33(10-5-21-58-48(53)54)42(72)65-36-17-19-40(70)57-20-4-9-32(41(52)71)62-47(77)38(24-28-25-60-31-8-3-2-7-30(28)31)67-43(73)34(11-6-22-59-49(55)56)63-46(76)37(23-27-12-14-29(50)15-13-27)66-45(75)35(64-44(36)74)16-18-39(51)69/h2-3,7-8,12-15,25,32-38,60H,4-6,9-11,16-24H2,1H3,(H2,51,69)(H2,52,71)(H,57,70)(H,61,68)(H,62,77)(H,63,76)(H,64,74)(H,65,72)(H,66,75)(H,67,73)(H4,53,54,58)(H4,55,56,59)/t32-,33-,34-,35-,36-,37+,38-/m0/s1. The van der Waals surface area contributed by atoms with Gasteiger partial charge in [0.2, 0.25) is 59.1 Å². The second kappa shape index (κ2) is 30.5. The van der Waals surface area contributed by atoms with Gasteiger partial charge in [-0.1, -0.05) is 30.3 Å². The molecule has 0 radical (unpaired) electrons. The first-order chi connectivity index (χ1) is 36.6. The number of aromatic nitrogens is 1. The van der Waals surface area contributed by atoms with Gasteiger partial charge in [0.15, 0.2) is 11.9 Å². The van der Waals surface area contributed by atoms with Crippen LogP contribution in [0.3, 0.4) is 0 Å². The highest BCUT2D eigenvalue weighted by atomic mass is 19.1. The van der Waals surface area contributed by atoms with Gasteiger partial charge in [0.1, 0.15) is 48.1 Å². The van der Waals surface area contributed by atoms with Gasteiger partial charge in [-0.2, -0.15) is 0 Å². The molecule has 1 aliphatic rings. The first-order valence-electron chi connectivity index (χ1n) is 24.9. The summed E-state index contributed by atoms with van der Waals surface area (Å²) in [5.74, 6) is -9.75. The molecule has 2 aromatic carbocycles. The maximum atomic E-state index is 14.6. The fourth-order valence-electron chi connectivity index (χ4n) is 8.23. The molecule has 0 saturated carbocycles. The van der Waals surface area contributed by atoms with E-state index in [1.165, 1.54) is 12.1 Å².